The predicted molar refractivity (Wildman–Crippen MR) is 77.5 cm³/mol. The lowest BCUT2D eigenvalue weighted by atomic mass is 9.81. The molecule has 0 radical (unpaired) electrons. The molecule has 1 aromatic rings. The Morgan fingerprint density at radius 3 is 2.70 bits per heavy atom. The van der Waals surface area contributed by atoms with Crippen molar-refractivity contribution in [1.82, 2.24) is 5.32 Å². The molecular weight excluding hydrogens is 255 g/mol. The number of halogens is 1. The quantitative estimate of drug-likeness (QED) is 0.889. The topological polar surface area (TPSA) is 55.1 Å². The first-order chi connectivity index (χ1) is 9.60. The van der Waals surface area contributed by atoms with Gasteiger partial charge in [-0.2, -0.15) is 0 Å². The van der Waals surface area contributed by atoms with Crippen LogP contribution >= 0.6 is 0 Å². The minimum absolute atomic E-state index is 0.0776. The van der Waals surface area contributed by atoms with Crippen LogP contribution in [0.2, 0.25) is 0 Å². The summed E-state index contributed by atoms with van der Waals surface area (Å²) in [7, 11) is 0. The van der Waals surface area contributed by atoms with Crippen molar-refractivity contribution in [3.63, 3.8) is 0 Å². The second-order valence-electron chi connectivity index (χ2n) is 5.74. The number of hydrogen-bond donors (Lipinski definition) is 2. The summed E-state index contributed by atoms with van der Waals surface area (Å²) in [5.41, 5.74) is 6.46. The molecule has 1 saturated carbocycles. The highest BCUT2D eigenvalue weighted by Crippen LogP contribution is 2.28. The van der Waals surface area contributed by atoms with Gasteiger partial charge in [-0.1, -0.05) is 12.1 Å². The molecule has 0 heterocycles. The normalized spacial score (nSPS) is 24.1. The largest absolute Gasteiger partial charge is 0.349 e. The molecule has 4 heteroatoms. The number of amides is 1. The second-order valence-corrected chi connectivity index (χ2v) is 5.74. The van der Waals surface area contributed by atoms with E-state index in [4.69, 9.17) is 5.73 Å². The van der Waals surface area contributed by atoms with Gasteiger partial charge in [-0.05, 0) is 62.8 Å². The highest BCUT2D eigenvalue weighted by Gasteiger charge is 2.26. The Morgan fingerprint density at radius 2 is 2.10 bits per heavy atom. The Balaban J connectivity index is 1.88. The first kappa shape index (κ1) is 15.0. The molecule has 1 aromatic carbocycles. The van der Waals surface area contributed by atoms with Gasteiger partial charge in [0.15, 0.2) is 0 Å². The van der Waals surface area contributed by atoms with E-state index in [1.165, 1.54) is 12.1 Å². The van der Waals surface area contributed by atoms with Crippen LogP contribution in [0.5, 0.6) is 0 Å². The molecule has 110 valence electrons. The number of benzene rings is 1. The van der Waals surface area contributed by atoms with Crippen LogP contribution in [0.25, 0.3) is 0 Å². The minimum Gasteiger partial charge on any atom is -0.349 e. The monoisotopic (exact) mass is 278 g/mol. The third-order valence-corrected chi connectivity index (χ3v) is 4.26. The van der Waals surface area contributed by atoms with E-state index < -0.39 is 0 Å². The average Bonchev–Trinajstić information content (AvgIpc) is 2.47. The van der Waals surface area contributed by atoms with Crippen LogP contribution in [0.4, 0.5) is 4.39 Å². The second kappa shape index (κ2) is 6.84. The van der Waals surface area contributed by atoms with Gasteiger partial charge in [0.25, 0.3) is 0 Å². The fourth-order valence-electron chi connectivity index (χ4n) is 2.85. The fraction of sp³-hybridized carbons (Fsp3) is 0.562. The zero-order valence-electron chi connectivity index (χ0n) is 11.9. The maximum atomic E-state index is 13.2. The molecule has 1 fully saturated rings. The number of hydrogen-bond acceptors (Lipinski definition) is 2. The molecule has 0 saturated heterocycles. The van der Waals surface area contributed by atoms with Gasteiger partial charge in [0.2, 0.25) is 5.91 Å². The summed E-state index contributed by atoms with van der Waals surface area (Å²) in [6.07, 6.45) is 3.87. The van der Waals surface area contributed by atoms with Crippen LogP contribution in [0.15, 0.2) is 24.3 Å². The Hall–Kier alpha value is -1.42. The molecule has 0 aromatic heterocycles. The molecule has 3 N–H and O–H groups in total. The van der Waals surface area contributed by atoms with Crippen molar-refractivity contribution < 1.29 is 9.18 Å². The van der Waals surface area contributed by atoms with Crippen LogP contribution < -0.4 is 11.1 Å². The van der Waals surface area contributed by atoms with E-state index in [0.29, 0.717) is 12.5 Å². The first-order valence-corrected chi connectivity index (χ1v) is 7.36. The lowest BCUT2D eigenvalue weighted by molar-refractivity contribution is -0.126. The highest BCUT2D eigenvalue weighted by molar-refractivity contribution is 5.79. The molecule has 20 heavy (non-hydrogen) atoms. The van der Waals surface area contributed by atoms with Crippen LogP contribution in [0.3, 0.4) is 0 Å². The van der Waals surface area contributed by atoms with Gasteiger partial charge in [0.1, 0.15) is 5.82 Å². The van der Waals surface area contributed by atoms with Crippen molar-refractivity contribution in [2.24, 2.45) is 17.6 Å². The summed E-state index contributed by atoms with van der Waals surface area (Å²) in [5.74, 6) is 0.456. The molecule has 0 unspecified atom stereocenters. The van der Waals surface area contributed by atoms with Gasteiger partial charge in [0.05, 0.1) is 6.04 Å². The van der Waals surface area contributed by atoms with Gasteiger partial charge in [0, 0.05) is 5.92 Å². The third kappa shape index (κ3) is 3.79. The Bertz CT molecular complexity index is 456. The third-order valence-electron chi connectivity index (χ3n) is 4.26. The molecule has 1 aliphatic rings. The van der Waals surface area contributed by atoms with Crippen molar-refractivity contribution in [1.29, 1.82) is 0 Å². The van der Waals surface area contributed by atoms with E-state index >= 15 is 0 Å². The summed E-state index contributed by atoms with van der Waals surface area (Å²) in [6, 6.07) is 6.21. The standard InChI is InChI=1S/C16H23FN2O/c1-11(14-3-2-4-15(17)9-14)19-16(20)13-7-5-12(10-18)6-8-13/h2-4,9,11-13H,5-8,10,18H2,1H3,(H,19,20)/t11-,12?,13?/m1/s1. The average molecular weight is 278 g/mol. The summed E-state index contributed by atoms with van der Waals surface area (Å²) in [4.78, 5) is 12.2. The number of rotatable bonds is 4. The molecule has 0 aliphatic heterocycles. The first-order valence-electron chi connectivity index (χ1n) is 7.36. The molecule has 1 aliphatic carbocycles. The van der Waals surface area contributed by atoms with Crippen molar-refractivity contribution in [2.45, 2.75) is 38.6 Å². The van der Waals surface area contributed by atoms with E-state index in [1.807, 2.05) is 13.0 Å². The SMILES string of the molecule is C[C@@H](NC(=O)C1CCC(CN)CC1)c1cccc(F)c1. The Kier molecular flexibility index (Phi) is 5.12. The van der Waals surface area contributed by atoms with E-state index in [0.717, 1.165) is 31.2 Å². The highest BCUT2D eigenvalue weighted by atomic mass is 19.1. The van der Waals surface area contributed by atoms with Gasteiger partial charge in [-0.25, -0.2) is 4.39 Å². The van der Waals surface area contributed by atoms with E-state index in [-0.39, 0.29) is 23.7 Å². The van der Waals surface area contributed by atoms with E-state index in [9.17, 15) is 9.18 Å². The maximum absolute atomic E-state index is 13.2. The van der Waals surface area contributed by atoms with Crippen molar-refractivity contribution >= 4 is 5.91 Å². The van der Waals surface area contributed by atoms with Gasteiger partial charge >= 0.3 is 0 Å². The molecule has 1 atom stereocenters. The summed E-state index contributed by atoms with van der Waals surface area (Å²) in [5, 5.41) is 2.99. The van der Waals surface area contributed by atoms with Gasteiger partial charge in [-0.3, -0.25) is 4.79 Å². The summed E-state index contributed by atoms with van der Waals surface area (Å²) >= 11 is 0. The lowest BCUT2D eigenvalue weighted by Gasteiger charge is -2.28. The molecule has 0 spiro atoms. The summed E-state index contributed by atoms with van der Waals surface area (Å²) in [6.45, 7) is 2.60. The van der Waals surface area contributed by atoms with Crippen molar-refractivity contribution in [2.75, 3.05) is 6.54 Å². The molecule has 2 rings (SSSR count). The maximum Gasteiger partial charge on any atom is 0.223 e. The number of nitrogens with two attached hydrogens (primary N) is 1. The zero-order valence-corrected chi connectivity index (χ0v) is 11.9. The van der Waals surface area contributed by atoms with Gasteiger partial charge in [-0.15, -0.1) is 0 Å². The molecule has 3 nitrogen and oxygen atoms in total. The Morgan fingerprint density at radius 1 is 1.40 bits per heavy atom. The lowest BCUT2D eigenvalue weighted by Crippen LogP contribution is -2.35. The van der Waals surface area contributed by atoms with Crippen LogP contribution in [-0.4, -0.2) is 12.5 Å². The molecule has 1 amide bonds. The molecule has 0 bridgehead atoms. The van der Waals surface area contributed by atoms with E-state index in [2.05, 4.69) is 5.32 Å². The number of nitrogens with one attached hydrogen (secondary N) is 1. The predicted octanol–water partition coefficient (Wildman–Crippen LogP) is 2.77. The number of carbonyl (C=O) groups excluding carboxylic acids is 1. The van der Waals surface area contributed by atoms with Crippen LogP contribution in [0.1, 0.15) is 44.2 Å². The van der Waals surface area contributed by atoms with Crippen LogP contribution in [0, 0.1) is 17.7 Å². The fourth-order valence-corrected chi connectivity index (χ4v) is 2.85. The minimum atomic E-state index is -0.271. The Labute approximate surface area is 119 Å². The van der Waals surface area contributed by atoms with Gasteiger partial charge < -0.3 is 11.1 Å². The number of carbonyl (C=O) groups is 1. The zero-order chi connectivity index (χ0) is 14.5. The smallest absolute Gasteiger partial charge is 0.223 e. The van der Waals surface area contributed by atoms with Crippen LogP contribution in [-0.2, 0) is 4.79 Å². The van der Waals surface area contributed by atoms with Crippen molar-refractivity contribution in [3.8, 4) is 0 Å². The summed E-state index contributed by atoms with van der Waals surface area (Å²) < 4.78 is 13.2. The molecular formula is C16H23FN2O. The van der Waals surface area contributed by atoms with E-state index in [1.54, 1.807) is 6.07 Å². The van der Waals surface area contributed by atoms with Crippen molar-refractivity contribution in [3.05, 3.63) is 35.6 Å².